The first kappa shape index (κ1) is 67.8. The van der Waals surface area contributed by atoms with E-state index in [1.165, 1.54) is 221 Å². The van der Waals surface area contributed by atoms with Crippen LogP contribution in [0, 0.1) is 0 Å². The molecule has 8 heterocycles. The van der Waals surface area contributed by atoms with E-state index in [1.807, 2.05) is 0 Å². The molecule has 0 aromatic heterocycles. The van der Waals surface area contributed by atoms with Crippen molar-refractivity contribution in [1.82, 2.24) is 0 Å². The number of nitrogens with zero attached hydrogens (tertiary/aromatic N) is 8. The summed E-state index contributed by atoms with van der Waals surface area (Å²) in [5.74, 6) is 0. The summed E-state index contributed by atoms with van der Waals surface area (Å²) < 4.78 is 0. The third-order valence-electron chi connectivity index (χ3n) is 26.9. The molecule has 18 aromatic carbocycles. The second kappa shape index (κ2) is 25.9. The summed E-state index contributed by atoms with van der Waals surface area (Å²) in [6.07, 6.45) is 0. The molecule has 18 aromatic rings. The Labute approximate surface area is 678 Å². The van der Waals surface area contributed by atoms with Crippen molar-refractivity contribution >= 4 is 248 Å². The molecule has 0 unspecified atom stereocenters. The summed E-state index contributed by atoms with van der Waals surface area (Å²) in [4.78, 5) is 19.1. The average molecular weight is 1490 g/mol. The van der Waals surface area contributed by atoms with E-state index < -0.39 is 0 Å². The number of hydrogen-bond donors (Lipinski definition) is 0. The van der Waals surface area contributed by atoms with E-state index in [0.717, 1.165) is 0 Å². The normalized spacial score (nSPS) is 14.0. The Kier molecular flexibility index (Phi) is 15.1. The number of fused-ring (bicyclic) bond motifs is 28. The first-order chi connectivity index (χ1) is 57.0. The third kappa shape index (κ3) is 9.61. The number of para-hydroxylation sites is 5. The molecule has 0 fully saturated rings. The Hall–Kier alpha value is -13.8. The van der Waals surface area contributed by atoms with Crippen LogP contribution < -0.4 is 105 Å². The van der Waals surface area contributed by atoms with Crippen LogP contribution in [-0.4, -0.2) is 83.2 Å². The standard InChI is InChI=1S/2C28H21BN2.2C24H19BN2/c1-30-24-14-8-7-13-22(24)29-23-16-15-18-9-3-5-11-20(18)27(23)31(2)25-17-19-10-4-6-12-21(19)28(30)26(25)29;1-30-24-14-8-7-13-22(24)29-23-16-15-18-9-3-5-11-20(18)27(23)31(2)28-21-12-6-4-10-19(21)17-25(30)26(28)29;1-26-20-13-7-5-11-18(20)25-19-12-6-8-14-21(19)27(2)24-17-10-4-3-9-16(17)15-22(26)23(24)25;1-26-20-11-6-5-10-18(20)25-19-15-14-16-8-3-4-9-17(16)24(19)27(2)22-13-7-12-21(26)23(22)25/h2*3-17H,1-2H3;2*3-15H,1-2H3. The van der Waals surface area contributed by atoms with Gasteiger partial charge in [0.05, 0.1) is 0 Å². The van der Waals surface area contributed by atoms with Gasteiger partial charge in [-0.1, -0.05) is 279 Å². The Balaban J connectivity index is 0.0000000914. The Morgan fingerprint density at radius 2 is 0.362 bits per heavy atom. The molecule has 0 saturated carbocycles. The lowest BCUT2D eigenvalue weighted by atomic mass is 9.33. The molecule has 548 valence electrons. The number of benzene rings is 18. The summed E-state index contributed by atoms with van der Waals surface area (Å²) in [7, 11) is 17.7. The second-order valence-electron chi connectivity index (χ2n) is 32.5. The monoisotopic (exact) mass is 1480 g/mol. The van der Waals surface area contributed by atoms with Crippen LogP contribution in [0.4, 0.5) is 91.0 Å². The van der Waals surface area contributed by atoms with Gasteiger partial charge in [0.2, 0.25) is 0 Å². The fourth-order valence-corrected chi connectivity index (χ4v) is 21.9. The smallest absolute Gasteiger partial charge is 0.252 e. The molecule has 0 atom stereocenters. The maximum atomic E-state index is 2.44. The SMILES string of the molecule is CN1c2cc3ccccc3c3c2B(c2ccccc2N3C)c2ccc3ccccc3c21.CN1c2ccccc2B2c3ccc4ccccc4c3N(C)c3c2c1cc1ccccc31.CN1c2ccccc2B2c3ccc4ccccc4c3N(C)c3cccc1c32.CN1c2ccccc2B2c3ccccc3N(C)c3c2c1cc1ccccc31. The molecule has 8 nitrogen and oxygen atoms in total. The molecule has 116 heavy (non-hydrogen) atoms. The highest BCUT2D eigenvalue weighted by Crippen LogP contribution is 2.47. The van der Waals surface area contributed by atoms with Crippen molar-refractivity contribution in [1.29, 1.82) is 0 Å². The fraction of sp³-hybridized carbons (Fsp3) is 0.0769. The zero-order chi connectivity index (χ0) is 77.6. The van der Waals surface area contributed by atoms with Crippen LogP contribution >= 0.6 is 0 Å². The van der Waals surface area contributed by atoms with Crippen LogP contribution in [0.1, 0.15) is 0 Å². The van der Waals surface area contributed by atoms with Crippen molar-refractivity contribution in [3.05, 3.63) is 340 Å². The second-order valence-corrected chi connectivity index (χ2v) is 32.5. The van der Waals surface area contributed by atoms with Gasteiger partial charge in [-0.25, -0.2) is 0 Å². The summed E-state index contributed by atoms with van der Waals surface area (Å²) in [6, 6.07) is 125. The summed E-state index contributed by atoms with van der Waals surface area (Å²) in [5, 5.41) is 15.7. The van der Waals surface area contributed by atoms with Gasteiger partial charge in [-0.2, -0.15) is 0 Å². The highest BCUT2D eigenvalue weighted by Gasteiger charge is 2.47. The topological polar surface area (TPSA) is 25.9 Å². The van der Waals surface area contributed by atoms with Crippen LogP contribution in [0.3, 0.4) is 0 Å². The molecule has 0 bridgehead atoms. The van der Waals surface area contributed by atoms with Crippen molar-refractivity contribution in [2.24, 2.45) is 0 Å². The van der Waals surface area contributed by atoms with Crippen molar-refractivity contribution in [2.45, 2.75) is 0 Å². The Bertz CT molecular complexity index is 7190. The molecule has 0 saturated heterocycles. The average Bonchev–Trinajstić information content (AvgIpc) is 0.714. The molecule has 0 spiro atoms. The largest absolute Gasteiger partial charge is 0.345 e. The minimum atomic E-state index is 0.234. The number of rotatable bonds is 0. The lowest BCUT2D eigenvalue weighted by Gasteiger charge is -2.43. The molecule has 0 amide bonds. The van der Waals surface area contributed by atoms with E-state index >= 15 is 0 Å². The van der Waals surface area contributed by atoms with Crippen LogP contribution in [0.15, 0.2) is 340 Å². The van der Waals surface area contributed by atoms with Gasteiger partial charge in [0.1, 0.15) is 0 Å². The highest BCUT2D eigenvalue weighted by molar-refractivity contribution is 7.03. The molecule has 0 radical (unpaired) electrons. The maximum Gasteiger partial charge on any atom is 0.252 e. The molecule has 12 heteroatoms. The third-order valence-corrected chi connectivity index (χ3v) is 26.9. The van der Waals surface area contributed by atoms with Crippen LogP contribution in [0.25, 0.3) is 64.6 Å². The highest BCUT2D eigenvalue weighted by atomic mass is 15.2. The van der Waals surface area contributed by atoms with Gasteiger partial charge in [0.15, 0.2) is 0 Å². The van der Waals surface area contributed by atoms with Crippen molar-refractivity contribution in [3.8, 4) is 0 Å². The van der Waals surface area contributed by atoms with Crippen molar-refractivity contribution in [2.75, 3.05) is 95.6 Å². The van der Waals surface area contributed by atoms with Crippen LogP contribution in [0.2, 0.25) is 0 Å². The van der Waals surface area contributed by atoms with Crippen LogP contribution in [-0.2, 0) is 0 Å². The summed E-state index contributed by atoms with van der Waals surface area (Å²) in [6.45, 7) is 1.02. The number of hydrogen-bond acceptors (Lipinski definition) is 8. The van der Waals surface area contributed by atoms with Gasteiger partial charge in [0.25, 0.3) is 26.9 Å². The minimum absolute atomic E-state index is 0.234. The predicted octanol–water partition coefficient (Wildman–Crippen LogP) is 16.4. The summed E-state index contributed by atoms with van der Waals surface area (Å²) in [5.41, 5.74) is 37.9. The maximum absolute atomic E-state index is 2.44. The zero-order valence-corrected chi connectivity index (χ0v) is 66.2. The minimum Gasteiger partial charge on any atom is -0.345 e. The van der Waals surface area contributed by atoms with E-state index in [9.17, 15) is 0 Å². The molecule has 0 aliphatic carbocycles. The van der Waals surface area contributed by atoms with Crippen molar-refractivity contribution < 1.29 is 0 Å². The van der Waals surface area contributed by atoms with Gasteiger partial charge in [-0.3, -0.25) is 0 Å². The zero-order valence-electron chi connectivity index (χ0n) is 66.2. The van der Waals surface area contributed by atoms with E-state index in [0.29, 0.717) is 0 Å². The van der Waals surface area contributed by atoms with Crippen molar-refractivity contribution in [3.63, 3.8) is 0 Å². The Morgan fingerprint density at radius 1 is 0.147 bits per heavy atom. The number of anilines is 16. The van der Waals surface area contributed by atoms with Gasteiger partial charge >= 0.3 is 0 Å². The van der Waals surface area contributed by atoms with Gasteiger partial charge in [-0.15, -0.1) is 0 Å². The van der Waals surface area contributed by atoms with E-state index in [1.54, 1.807) is 0 Å². The molecular weight excluding hydrogens is 1400 g/mol. The predicted molar refractivity (Wildman–Crippen MR) is 505 cm³/mol. The van der Waals surface area contributed by atoms with Crippen LogP contribution in [0.5, 0.6) is 0 Å². The van der Waals surface area contributed by atoms with E-state index in [4.69, 9.17) is 0 Å². The molecule has 0 N–H and O–H groups in total. The molecule has 8 aliphatic heterocycles. The molecule has 26 rings (SSSR count). The molecule has 8 aliphatic rings. The van der Waals surface area contributed by atoms with E-state index in [2.05, 4.69) is 435 Å². The lowest BCUT2D eigenvalue weighted by Crippen LogP contribution is -2.61. The van der Waals surface area contributed by atoms with E-state index in [-0.39, 0.29) is 26.9 Å². The molecular formula is C104H80B4N8. The first-order valence-corrected chi connectivity index (χ1v) is 40.7. The lowest BCUT2D eigenvalue weighted by molar-refractivity contribution is 1.19. The summed E-state index contributed by atoms with van der Waals surface area (Å²) >= 11 is 0. The quantitative estimate of drug-likeness (QED) is 0.139. The van der Waals surface area contributed by atoms with Gasteiger partial charge in [0, 0.05) is 180 Å². The van der Waals surface area contributed by atoms with Gasteiger partial charge in [-0.05, 0) is 159 Å². The van der Waals surface area contributed by atoms with Gasteiger partial charge < -0.3 is 39.2 Å². The fourth-order valence-electron chi connectivity index (χ4n) is 21.9. The Morgan fingerprint density at radius 3 is 0.716 bits per heavy atom. The first-order valence-electron chi connectivity index (χ1n) is 40.7.